The molecule has 3 N–H and O–H groups in total. The van der Waals surface area contributed by atoms with Crippen LogP contribution in [0.1, 0.15) is 5.69 Å². The Kier molecular flexibility index (Phi) is 5.18. The fraction of sp³-hybridized carbons (Fsp3) is 0.545. The van der Waals surface area contributed by atoms with Crippen LogP contribution in [0.2, 0.25) is 0 Å². The van der Waals surface area contributed by atoms with E-state index in [2.05, 4.69) is 4.98 Å². The summed E-state index contributed by atoms with van der Waals surface area (Å²) in [6.07, 6.45) is -0.476. The van der Waals surface area contributed by atoms with Crippen molar-refractivity contribution < 1.29 is 9.84 Å². The summed E-state index contributed by atoms with van der Waals surface area (Å²) < 4.78 is 4.86. The average molecular weight is 225 g/mol. The van der Waals surface area contributed by atoms with Gasteiger partial charge in [-0.3, -0.25) is 4.90 Å². The van der Waals surface area contributed by atoms with Crippen molar-refractivity contribution in [1.82, 2.24) is 9.88 Å². The molecule has 1 aromatic heterocycles. The van der Waals surface area contributed by atoms with E-state index in [1.807, 2.05) is 24.1 Å². The first-order valence-electron chi connectivity index (χ1n) is 5.18. The number of rotatable bonds is 6. The predicted octanol–water partition coefficient (Wildman–Crippen LogP) is 0.103. The Balaban J connectivity index is 2.42. The second-order valence-electron chi connectivity index (χ2n) is 3.86. The summed E-state index contributed by atoms with van der Waals surface area (Å²) in [6.45, 7) is 1.55. The number of likely N-dealkylation sites (N-methyl/N-ethyl adjacent to an activating group) is 1. The van der Waals surface area contributed by atoms with Crippen LogP contribution in [0.3, 0.4) is 0 Å². The highest BCUT2D eigenvalue weighted by atomic mass is 16.5. The minimum atomic E-state index is -0.476. The van der Waals surface area contributed by atoms with E-state index in [1.54, 1.807) is 13.2 Å². The number of nitrogens with two attached hydrogens (primary N) is 1. The molecule has 90 valence electrons. The maximum atomic E-state index is 9.54. The van der Waals surface area contributed by atoms with E-state index in [-0.39, 0.29) is 0 Å². The number of nitrogens with zero attached hydrogens (tertiary/aromatic N) is 2. The molecule has 1 atom stereocenters. The Morgan fingerprint density at radius 1 is 1.56 bits per heavy atom. The quantitative estimate of drug-likeness (QED) is 0.718. The van der Waals surface area contributed by atoms with Crippen molar-refractivity contribution in [3.05, 3.63) is 23.9 Å². The lowest BCUT2D eigenvalue weighted by atomic mass is 10.3. The van der Waals surface area contributed by atoms with Gasteiger partial charge in [0.15, 0.2) is 0 Å². The van der Waals surface area contributed by atoms with Crippen LogP contribution in [0, 0.1) is 0 Å². The van der Waals surface area contributed by atoms with E-state index in [4.69, 9.17) is 10.5 Å². The monoisotopic (exact) mass is 225 g/mol. The summed E-state index contributed by atoms with van der Waals surface area (Å²) >= 11 is 0. The van der Waals surface area contributed by atoms with Gasteiger partial charge in [-0.1, -0.05) is 6.07 Å². The Morgan fingerprint density at radius 3 is 2.94 bits per heavy atom. The highest BCUT2D eigenvalue weighted by Crippen LogP contribution is 2.03. The molecule has 0 amide bonds. The number of anilines is 1. The molecule has 5 heteroatoms. The molecule has 0 saturated heterocycles. The number of aliphatic hydroxyl groups excluding tert-OH is 1. The minimum absolute atomic E-state index is 0.342. The number of methoxy groups -OCH3 is 1. The molecule has 1 unspecified atom stereocenters. The van der Waals surface area contributed by atoms with Crippen LogP contribution in [-0.4, -0.2) is 48.4 Å². The van der Waals surface area contributed by atoms with Crippen LogP contribution in [0.15, 0.2) is 18.2 Å². The fourth-order valence-corrected chi connectivity index (χ4v) is 1.53. The summed E-state index contributed by atoms with van der Waals surface area (Å²) in [7, 11) is 3.49. The molecule has 0 radical (unpaired) electrons. The van der Waals surface area contributed by atoms with Crippen LogP contribution in [0.5, 0.6) is 0 Å². The second kappa shape index (κ2) is 6.42. The molecule has 1 rings (SSSR count). The highest BCUT2D eigenvalue weighted by Gasteiger charge is 2.08. The highest BCUT2D eigenvalue weighted by molar-refractivity contribution is 5.28. The minimum Gasteiger partial charge on any atom is -0.389 e. The SMILES string of the molecule is COCC(O)CN(C)Cc1cccc(N)n1. The van der Waals surface area contributed by atoms with Gasteiger partial charge < -0.3 is 15.6 Å². The largest absolute Gasteiger partial charge is 0.389 e. The third-order valence-corrected chi connectivity index (χ3v) is 2.14. The van der Waals surface area contributed by atoms with E-state index in [1.165, 1.54) is 0 Å². The molecule has 1 aromatic rings. The summed E-state index contributed by atoms with van der Waals surface area (Å²) in [4.78, 5) is 6.17. The molecule has 0 bridgehead atoms. The average Bonchev–Trinajstić information content (AvgIpc) is 2.17. The third kappa shape index (κ3) is 4.57. The Labute approximate surface area is 95.8 Å². The van der Waals surface area contributed by atoms with E-state index in [9.17, 15) is 5.11 Å². The van der Waals surface area contributed by atoms with Crippen molar-refractivity contribution in [2.24, 2.45) is 0 Å². The van der Waals surface area contributed by atoms with Crippen LogP contribution in [0.4, 0.5) is 5.82 Å². The summed E-state index contributed by atoms with van der Waals surface area (Å²) in [6, 6.07) is 5.54. The third-order valence-electron chi connectivity index (χ3n) is 2.14. The lowest BCUT2D eigenvalue weighted by Crippen LogP contribution is -2.31. The van der Waals surface area contributed by atoms with E-state index in [0.717, 1.165) is 5.69 Å². The number of hydrogen-bond donors (Lipinski definition) is 2. The zero-order chi connectivity index (χ0) is 12.0. The molecular weight excluding hydrogens is 206 g/mol. The van der Waals surface area contributed by atoms with Crippen LogP contribution in [0.25, 0.3) is 0 Å². The topological polar surface area (TPSA) is 71.6 Å². The van der Waals surface area contributed by atoms with Crippen LogP contribution >= 0.6 is 0 Å². The second-order valence-corrected chi connectivity index (χ2v) is 3.86. The number of ether oxygens (including phenoxy) is 1. The van der Waals surface area contributed by atoms with Gasteiger partial charge in [-0.2, -0.15) is 0 Å². The predicted molar refractivity (Wildman–Crippen MR) is 62.9 cm³/mol. The molecule has 0 saturated carbocycles. The van der Waals surface area contributed by atoms with Crippen molar-refractivity contribution in [3.8, 4) is 0 Å². The molecule has 5 nitrogen and oxygen atoms in total. The van der Waals surface area contributed by atoms with Crippen molar-refractivity contribution in [2.75, 3.05) is 33.0 Å². The summed E-state index contributed by atoms with van der Waals surface area (Å²) in [5.41, 5.74) is 6.48. The first-order chi connectivity index (χ1) is 7.61. The van der Waals surface area contributed by atoms with E-state index in [0.29, 0.717) is 25.5 Å². The van der Waals surface area contributed by atoms with Gasteiger partial charge in [-0.05, 0) is 19.2 Å². The maximum Gasteiger partial charge on any atom is 0.123 e. The van der Waals surface area contributed by atoms with Crippen LogP contribution in [-0.2, 0) is 11.3 Å². The number of nitrogen functional groups attached to an aromatic ring is 1. The zero-order valence-electron chi connectivity index (χ0n) is 9.76. The molecule has 0 fully saturated rings. The van der Waals surface area contributed by atoms with Crippen molar-refractivity contribution in [3.63, 3.8) is 0 Å². The molecule has 16 heavy (non-hydrogen) atoms. The molecule has 1 heterocycles. The standard InChI is InChI=1S/C11H19N3O2/c1-14(7-10(15)8-16-2)6-9-4-3-5-11(12)13-9/h3-5,10,15H,6-8H2,1-2H3,(H2,12,13). The summed E-state index contributed by atoms with van der Waals surface area (Å²) in [5.74, 6) is 0.517. The number of aromatic nitrogens is 1. The summed E-state index contributed by atoms with van der Waals surface area (Å²) in [5, 5.41) is 9.54. The zero-order valence-corrected chi connectivity index (χ0v) is 9.76. The maximum absolute atomic E-state index is 9.54. The Morgan fingerprint density at radius 2 is 2.31 bits per heavy atom. The van der Waals surface area contributed by atoms with Gasteiger partial charge in [-0.25, -0.2) is 4.98 Å². The molecule has 0 spiro atoms. The fourth-order valence-electron chi connectivity index (χ4n) is 1.53. The van der Waals surface area contributed by atoms with Gasteiger partial charge in [0, 0.05) is 20.2 Å². The van der Waals surface area contributed by atoms with Gasteiger partial charge in [0.05, 0.1) is 18.4 Å². The van der Waals surface area contributed by atoms with Crippen molar-refractivity contribution in [2.45, 2.75) is 12.6 Å². The van der Waals surface area contributed by atoms with Crippen molar-refractivity contribution >= 4 is 5.82 Å². The van der Waals surface area contributed by atoms with Gasteiger partial charge in [0.25, 0.3) is 0 Å². The van der Waals surface area contributed by atoms with Gasteiger partial charge in [0.2, 0.25) is 0 Å². The Hall–Kier alpha value is -1.17. The number of aliphatic hydroxyl groups is 1. The van der Waals surface area contributed by atoms with Gasteiger partial charge in [-0.15, -0.1) is 0 Å². The molecule has 0 aliphatic carbocycles. The first kappa shape index (κ1) is 12.9. The van der Waals surface area contributed by atoms with Gasteiger partial charge in [0.1, 0.15) is 5.82 Å². The Bertz CT molecular complexity index is 320. The lowest BCUT2D eigenvalue weighted by Gasteiger charge is -2.19. The number of pyridine rings is 1. The molecule has 0 aliphatic heterocycles. The van der Waals surface area contributed by atoms with Crippen LogP contribution < -0.4 is 5.73 Å². The molecule has 0 aliphatic rings. The molecular formula is C11H19N3O2. The number of hydrogen-bond acceptors (Lipinski definition) is 5. The smallest absolute Gasteiger partial charge is 0.123 e. The van der Waals surface area contributed by atoms with E-state index >= 15 is 0 Å². The lowest BCUT2D eigenvalue weighted by molar-refractivity contribution is 0.0417. The molecule has 0 aromatic carbocycles. The normalized spacial score (nSPS) is 13.0. The van der Waals surface area contributed by atoms with Gasteiger partial charge >= 0.3 is 0 Å². The van der Waals surface area contributed by atoms with Crippen molar-refractivity contribution in [1.29, 1.82) is 0 Å². The van der Waals surface area contributed by atoms with E-state index < -0.39 is 6.10 Å². The first-order valence-corrected chi connectivity index (χ1v) is 5.18.